The Morgan fingerprint density at radius 1 is 1.38 bits per heavy atom. The Balaban J connectivity index is 1.94. The lowest BCUT2D eigenvalue weighted by Gasteiger charge is -2.21. The zero-order valence-electron chi connectivity index (χ0n) is 12.3. The van der Waals surface area contributed by atoms with E-state index in [9.17, 15) is 13.6 Å². The van der Waals surface area contributed by atoms with Crippen molar-refractivity contribution < 1.29 is 13.6 Å². The second-order valence-corrected chi connectivity index (χ2v) is 5.49. The first-order valence-electron chi connectivity index (χ1n) is 7.21. The van der Waals surface area contributed by atoms with E-state index in [-0.39, 0.29) is 18.5 Å². The van der Waals surface area contributed by atoms with Gasteiger partial charge in [0.25, 0.3) is 0 Å². The van der Waals surface area contributed by atoms with E-state index in [0.717, 1.165) is 25.3 Å². The number of hydrogen-bond donors (Lipinski definition) is 2. The molecular formula is C15H21F2N3O. The van der Waals surface area contributed by atoms with Gasteiger partial charge in [-0.3, -0.25) is 10.2 Å². The lowest BCUT2D eigenvalue weighted by Crippen LogP contribution is -2.44. The van der Waals surface area contributed by atoms with Crippen molar-refractivity contribution in [2.75, 3.05) is 7.05 Å². The SMILES string of the molecule is CCCC1CC(C(=O)N(C)Cc2ccc(F)cc2F)NN1. The van der Waals surface area contributed by atoms with Crippen LogP contribution in [0, 0.1) is 11.6 Å². The summed E-state index contributed by atoms with van der Waals surface area (Å²) in [6.45, 7) is 2.22. The van der Waals surface area contributed by atoms with Gasteiger partial charge in [0.15, 0.2) is 0 Å². The van der Waals surface area contributed by atoms with Crippen LogP contribution < -0.4 is 10.9 Å². The van der Waals surface area contributed by atoms with Gasteiger partial charge in [-0.05, 0) is 18.9 Å². The summed E-state index contributed by atoms with van der Waals surface area (Å²) in [6.07, 6.45) is 2.78. The van der Waals surface area contributed by atoms with Gasteiger partial charge in [-0.25, -0.2) is 14.2 Å². The molecule has 1 aromatic carbocycles. The molecule has 1 amide bonds. The van der Waals surface area contributed by atoms with Crippen molar-refractivity contribution in [1.29, 1.82) is 0 Å². The number of benzene rings is 1. The lowest BCUT2D eigenvalue weighted by molar-refractivity contribution is -0.132. The molecular weight excluding hydrogens is 276 g/mol. The predicted octanol–water partition coefficient (Wildman–Crippen LogP) is 1.96. The Labute approximate surface area is 123 Å². The van der Waals surface area contributed by atoms with Gasteiger partial charge in [0.05, 0.1) is 0 Å². The van der Waals surface area contributed by atoms with Gasteiger partial charge in [-0.1, -0.05) is 19.4 Å². The molecule has 21 heavy (non-hydrogen) atoms. The molecule has 2 unspecified atom stereocenters. The molecule has 0 saturated carbocycles. The van der Waals surface area contributed by atoms with Crippen molar-refractivity contribution >= 4 is 5.91 Å². The minimum absolute atomic E-state index is 0.0928. The highest BCUT2D eigenvalue weighted by molar-refractivity contribution is 5.82. The molecule has 0 aromatic heterocycles. The fraction of sp³-hybridized carbons (Fsp3) is 0.533. The fourth-order valence-corrected chi connectivity index (χ4v) is 2.57. The van der Waals surface area contributed by atoms with Gasteiger partial charge in [0.2, 0.25) is 5.91 Å². The van der Waals surface area contributed by atoms with Crippen LogP contribution in [-0.2, 0) is 11.3 Å². The smallest absolute Gasteiger partial charge is 0.241 e. The highest BCUT2D eigenvalue weighted by Crippen LogP contribution is 2.15. The van der Waals surface area contributed by atoms with E-state index in [1.807, 2.05) is 0 Å². The number of hydrazine groups is 1. The average Bonchev–Trinajstić information content (AvgIpc) is 2.90. The number of likely N-dealkylation sites (N-methyl/N-ethyl adjacent to an activating group) is 1. The van der Waals surface area contributed by atoms with Crippen molar-refractivity contribution in [3.05, 3.63) is 35.4 Å². The van der Waals surface area contributed by atoms with Crippen molar-refractivity contribution in [3.8, 4) is 0 Å². The summed E-state index contributed by atoms with van der Waals surface area (Å²) in [5, 5.41) is 0. The van der Waals surface area contributed by atoms with Gasteiger partial charge in [-0.2, -0.15) is 0 Å². The highest BCUT2D eigenvalue weighted by atomic mass is 19.1. The van der Waals surface area contributed by atoms with Crippen molar-refractivity contribution in [1.82, 2.24) is 15.8 Å². The molecule has 1 aromatic rings. The number of nitrogens with one attached hydrogen (secondary N) is 2. The lowest BCUT2D eigenvalue weighted by atomic mass is 10.1. The summed E-state index contributed by atoms with van der Waals surface area (Å²) >= 11 is 0. The molecule has 0 spiro atoms. The minimum Gasteiger partial charge on any atom is -0.340 e. The molecule has 1 saturated heterocycles. The number of halogens is 2. The molecule has 2 atom stereocenters. The van der Waals surface area contributed by atoms with Gasteiger partial charge in [0.1, 0.15) is 17.7 Å². The maximum atomic E-state index is 13.6. The first-order chi connectivity index (χ1) is 10.0. The van der Waals surface area contributed by atoms with Crippen molar-refractivity contribution in [3.63, 3.8) is 0 Å². The van der Waals surface area contributed by atoms with E-state index < -0.39 is 11.6 Å². The second kappa shape index (κ2) is 6.95. The zero-order chi connectivity index (χ0) is 15.4. The normalized spacial score (nSPS) is 21.5. The third-order valence-corrected chi connectivity index (χ3v) is 3.72. The van der Waals surface area contributed by atoms with Crippen LogP contribution in [0.1, 0.15) is 31.7 Å². The van der Waals surface area contributed by atoms with Crippen LogP contribution in [0.15, 0.2) is 18.2 Å². The van der Waals surface area contributed by atoms with Gasteiger partial charge in [-0.15, -0.1) is 0 Å². The monoisotopic (exact) mass is 297 g/mol. The molecule has 0 bridgehead atoms. The molecule has 116 valence electrons. The van der Waals surface area contributed by atoms with Gasteiger partial charge >= 0.3 is 0 Å². The van der Waals surface area contributed by atoms with E-state index in [2.05, 4.69) is 17.8 Å². The summed E-state index contributed by atoms with van der Waals surface area (Å²) in [5.74, 6) is -1.34. The Bertz CT molecular complexity index is 510. The Hall–Kier alpha value is -1.53. The third kappa shape index (κ3) is 3.98. The van der Waals surface area contributed by atoms with Crippen molar-refractivity contribution in [2.45, 2.75) is 44.8 Å². The molecule has 1 heterocycles. The van der Waals surface area contributed by atoms with Crippen molar-refractivity contribution in [2.24, 2.45) is 0 Å². The second-order valence-electron chi connectivity index (χ2n) is 5.49. The number of hydrogen-bond acceptors (Lipinski definition) is 3. The number of nitrogens with zero attached hydrogens (tertiary/aromatic N) is 1. The maximum absolute atomic E-state index is 13.6. The predicted molar refractivity (Wildman–Crippen MR) is 76.2 cm³/mol. The van der Waals surface area contributed by atoms with E-state index in [4.69, 9.17) is 0 Å². The summed E-state index contributed by atoms with van der Waals surface area (Å²) in [7, 11) is 1.62. The summed E-state index contributed by atoms with van der Waals surface area (Å²) in [6, 6.07) is 3.40. The highest BCUT2D eigenvalue weighted by Gasteiger charge is 2.30. The molecule has 6 heteroatoms. The number of carbonyl (C=O) groups is 1. The van der Waals surface area contributed by atoms with Gasteiger partial charge < -0.3 is 4.90 Å². The zero-order valence-corrected chi connectivity index (χ0v) is 12.3. The quantitative estimate of drug-likeness (QED) is 0.873. The van der Waals surface area contributed by atoms with Crippen LogP contribution in [-0.4, -0.2) is 29.9 Å². The third-order valence-electron chi connectivity index (χ3n) is 3.72. The van der Waals surface area contributed by atoms with E-state index in [1.54, 1.807) is 7.05 Å². The Morgan fingerprint density at radius 2 is 2.14 bits per heavy atom. The summed E-state index contributed by atoms with van der Waals surface area (Å²) in [4.78, 5) is 13.8. The largest absolute Gasteiger partial charge is 0.340 e. The van der Waals surface area contributed by atoms with Crippen LogP contribution in [0.4, 0.5) is 8.78 Å². The molecule has 0 radical (unpaired) electrons. The maximum Gasteiger partial charge on any atom is 0.241 e. The Morgan fingerprint density at radius 3 is 2.81 bits per heavy atom. The van der Waals surface area contributed by atoms with E-state index >= 15 is 0 Å². The van der Waals surface area contributed by atoms with Crippen LogP contribution in [0.25, 0.3) is 0 Å². The van der Waals surface area contributed by atoms with Crippen LogP contribution in [0.5, 0.6) is 0 Å². The van der Waals surface area contributed by atoms with Crippen LogP contribution in [0.2, 0.25) is 0 Å². The van der Waals surface area contributed by atoms with E-state index in [1.165, 1.54) is 17.0 Å². The standard InChI is InChI=1S/C15H21F2N3O/c1-3-4-12-8-14(19-18-12)15(21)20(2)9-10-5-6-11(16)7-13(10)17/h5-7,12,14,18-19H,3-4,8-9H2,1-2H3. The molecule has 2 rings (SSSR count). The first-order valence-corrected chi connectivity index (χ1v) is 7.21. The molecule has 1 fully saturated rings. The van der Waals surface area contributed by atoms with E-state index in [0.29, 0.717) is 11.6 Å². The number of rotatable bonds is 5. The molecule has 1 aliphatic rings. The number of carbonyl (C=O) groups excluding carboxylic acids is 1. The minimum atomic E-state index is -0.629. The molecule has 4 nitrogen and oxygen atoms in total. The summed E-state index contributed by atoms with van der Waals surface area (Å²) < 4.78 is 26.5. The molecule has 2 N–H and O–H groups in total. The first kappa shape index (κ1) is 15.9. The fourth-order valence-electron chi connectivity index (χ4n) is 2.57. The van der Waals surface area contributed by atoms with Crippen LogP contribution in [0.3, 0.4) is 0 Å². The van der Waals surface area contributed by atoms with Crippen LogP contribution >= 0.6 is 0 Å². The average molecular weight is 297 g/mol. The molecule has 0 aliphatic carbocycles. The van der Waals surface area contributed by atoms with Gasteiger partial charge in [0, 0.05) is 31.3 Å². The molecule has 1 aliphatic heterocycles. The summed E-state index contributed by atoms with van der Waals surface area (Å²) in [5.41, 5.74) is 6.40. The Kier molecular flexibility index (Phi) is 5.25. The number of amides is 1. The topological polar surface area (TPSA) is 44.4 Å².